The number of likely N-dealkylation sites (tertiary alicyclic amines) is 1. The Balaban J connectivity index is 1.39. The molecule has 3 saturated heterocycles. The number of nitrogens with zero attached hydrogens (tertiary/aromatic N) is 1. The summed E-state index contributed by atoms with van der Waals surface area (Å²) in [5, 5.41) is 57.5. The number of hydrogen-bond acceptors (Lipinski definition) is 14. The van der Waals surface area contributed by atoms with Crippen LogP contribution in [0.2, 0.25) is 0 Å². The highest BCUT2D eigenvalue weighted by Crippen LogP contribution is 2.40. The Morgan fingerprint density at radius 2 is 1.53 bits per heavy atom. The van der Waals surface area contributed by atoms with Crippen molar-refractivity contribution in [1.29, 1.82) is 0 Å². The Morgan fingerprint density at radius 1 is 0.839 bits per heavy atom. The first-order valence-corrected chi connectivity index (χ1v) is 22.7. The molecule has 6 amide bonds. The molecule has 2 aliphatic carbocycles. The van der Waals surface area contributed by atoms with Crippen molar-refractivity contribution in [3.63, 3.8) is 0 Å². The largest absolute Gasteiger partial charge is 0.394 e. The molecule has 20 nitrogen and oxygen atoms in total. The summed E-state index contributed by atoms with van der Waals surface area (Å²) in [6.07, 6.45) is -4.14. The van der Waals surface area contributed by atoms with Gasteiger partial charge in [0.1, 0.15) is 36.6 Å². The second-order valence-electron chi connectivity index (χ2n) is 17.7. The Morgan fingerprint density at radius 3 is 2.16 bits per heavy atom. The van der Waals surface area contributed by atoms with Gasteiger partial charge in [0.15, 0.2) is 12.6 Å². The first-order valence-electron chi connectivity index (χ1n) is 22.7. The number of ether oxygens (including phenoxy) is 5. The van der Waals surface area contributed by atoms with Gasteiger partial charge in [-0.25, -0.2) is 4.79 Å². The van der Waals surface area contributed by atoms with Crippen LogP contribution < -0.4 is 26.6 Å². The minimum atomic E-state index is -1.47. The van der Waals surface area contributed by atoms with Gasteiger partial charge in [-0.15, -0.1) is 0 Å². The van der Waals surface area contributed by atoms with E-state index in [9.17, 15) is 44.4 Å². The van der Waals surface area contributed by atoms with Crippen molar-refractivity contribution in [2.75, 3.05) is 45.9 Å². The zero-order valence-corrected chi connectivity index (χ0v) is 36.7. The van der Waals surface area contributed by atoms with E-state index >= 15 is 0 Å². The summed E-state index contributed by atoms with van der Waals surface area (Å²) >= 11 is 0. The molecule has 0 bridgehead atoms. The Kier molecular flexibility index (Phi) is 19.4. The predicted molar refractivity (Wildman–Crippen MR) is 221 cm³/mol. The number of rotatable bonds is 20. The maximum absolute atomic E-state index is 13.9. The number of carbonyl (C=O) groups excluding carboxylic acids is 5. The second kappa shape index (κ2) is 24.2. The summed E-state index contributed by atoms with van der Waals surface area (Å²) in [6.45, 7) is 7.88. The van der Waals surface area contributed by atoms with Gasteiger partial charge >= 0.3 is 6.03 Å². The molecule has 3 aliphatic heterocycles. The van der Waals surface area contributed by atoms with Crippen LogP contribution >= 0.6 is 0 Å². The molecule has 0 radical (unpaired) electrons. The van der Waals surface area contributed by atoms with E-state index in [1.807, 2.05) is 6.92 Å². The monoisotopic (exact) mass is 885 g/mol. The number of hydrogen-bond donors (Lipinski definition) is 9. The van der Waals surface area contributed by atoms with E-state index in [1.54, 1.807) is 18.7 Å². The number of nitrogens with one attached hydrogen (secondary N) is 5. The minimum absolute atomic E-state index is 0.0729. The van der Waals surface area contributed by atoms with Crippen LogP contribution in [0.15, 0.2) is 0 Å². The van der Waals surface area contributed by atoms with Crippen LogP contribution in [0.3, 0.4) is 0 Å². The SMILES string of the molecule is CC[C@H]1C[C@@H](C(=O)NCCNC(=O)NCCNC=O)C[C@@H](O[C@@H]2O[C@H](CO)[C@H](O)[C@H](OC(CC3CCCCC3)C(=O)N3CCC3)[C@H]2NC(C)=O)[C@@H]1O[C@@H]1O[C@@H](C)[C@@H](O)[C@@H](C)[C@@H]1O. The molecule has 9 N–H and O–H groups in total. The fourth-order valence-electron chi connectivity index (χ4n) is 9.43. The maximum atomic E-state index is 13.9. The van der Waals surface area contributed by atoms with Gasteiger partial charge in [-0.05, 0) is 44.4 Å². The summed E-state index contributed by atoms with van der Waals surface area (Å²) in [7, 11) is 0. The number of amides is 6. The third-order valence-corrected chi connectivity index (χ3v) is 13.2. The molecule has 5 fully saturated rings. The molecule has 20 heteroatoms. The van der Waals surface area contributed by atoms with Crippen molar-refractivity contribution in [3.8, 4) is 0 Å². The Bertz CT molecular complexity index is 1460. The van der Waals surface area contributed by atoms with Gasteiger partial charge in [0.25, 0.3) is 5.91 Å². The summed E-state index contributed by atoms with van der Waals surface area (Å²) in [5.74, 6) is -2.33. The van der Waals surface area contributed by atoms with Crippen LogP contribution in [0.4, 0.5) is 4.79 Å². The van der Waals surface area contributed by atoms with Crippen LogP contribution in [0.25, 0.3) is 0 Å². The quantitative estimate of drug-likeness (QED) is 0.0524. The van der Waals surface area contributed by atoms with Gasteiger partial charge in [0.05, 0.1) is 31.0 Å². The van der Waals surface area contributed by atoms with Gasteiger partial charge in [0, 0.05) is 58.0 Å². The Labute approximate surface area is 364 Å². The number of carbonyl (C=O) groups is 5. The first kappa shape index (κ1) is 49.8. The lowest BCUT2D eigenvalue weighted by Gasteiger charge is -2.49. The third kappa shape index (κ3) is 13.2. The molecule has 0 spiro atoms. The molecule has 2 saturated carbocycles. The van der Waals surface area contributed by atoms with Gasteiger partial charge in [-0.2, -0.15) is 0 Å². The fourth-order valence-corrected chi connectivity index (χ4v) is 9.43. The normalized spacial score (nSPS) is 35.8. The van der Waals surface area contributed by atoms with Crippen LogP contribution in [-0.2, 0) is 42.9 Å². The number of aliphatic hydroxyl groups excluding tert-OH is 4. The molecule has 0 aromatic heterocycles. The van der Waals surface area contributed by atoms with E-state index in [4.69, 9.17) is 23.7 Å². The second-order valence-corrected chi connectivity index (χ2v) is 17.7. The van der Waals surface area contributed by atoms with Crippen LogP contribution in [-0.4, -0.2) is 175 Å². The summed E-state index contributed by atoms with van der Waals surface area (Å²) < 4.78 is 32.3. The average molecular weight is 885 g/mol. The predicted octanol–water partition coefficient (Wildman–Crippen LogP) is -1.00. The first-order chi connectivity index (χ1) is 29.8. The summed E-state index contributed by atoms with van der Waals surface area (Å²) in [4.78, 5) is 65.0. The lowest BCUT2D eigenvalue weighted by Crippen LogP contribution is -2.67. The maximum Gasteiger partial charge on any atom is 0.314 e. The van der Waals surface area contributed by atoms with Crippen LogP contribution in [0.5, 0.6) is 0 Å². The standard InChI is InChI=1S/C42H72N6O14/c1-5-27-19-28(38(55)44-14-15-46-42(57)45-13-12-43-22-50)20-29(36(27)62-41-34(53)23(2)33(52)24(3)58-41)60-40-32(47-25(4)51)37(35(54)31(21-49)61-40)59-30(39(56)48-16-9-17-48)18-26-10-7-6-8-11-26/h22-24,26-37,40-41,49,52-54H,5-21H2,1-4H3,(H,43,50)(H,44,55)(H,47,51)(H2,45,46,57)/t23-,24+,27+,28-,29-,30?,31-,32-,33+,34+,35+,36-,37-,40-,41+/m1/s1. The highest BCUT2D eigenvalue weighted by molar-refractivity contribution is 5.81. The third-order valence-electron chi connectivity index (χ3n) is 13.2. The topological polar surface area (TPSA) is 276 Å². The van der Waals surface area contributed by atoms with Crippen molar-refractivity contribution < 1.29 is 68.1 Å². The van der Waals surface area contributed by atoms with E-state index < -0.39 is 104 Å². The summed E-state index contributed by atoms with van der Waals surface area (Å²) in [6, 6.07) is -1.65. The van der Waals surface area contributed by atoms with Gasteiger partial charge in [-0.1, -0.05) is 52.4 Å². The molecule has 5 rings (SSSR count). The molecular formula is C42H72N6O14. The van der Waals surface area contributed by atoms with Gasteiger partial charge in [-0.3, -0.25) is 19.2 Å². The van der Waals surface area contributed by atoms with Gasteiger partial charge in [0.2, 0.25) is 18.2 Å². The minimum Gasteiger partial charge on any atom is -0.394 e. The van der Waals surface area contributed by atoms with Crippen LogP contribution in [0.1, 0.15) is 91.9 Å². The molecule has 62 heavy (non-hydrogen) atoms. The highest BCUT2D eigenvalue weighted by Gasteiger charge is 2.53. The lowest BCUT2D eigenvalue weighted by atomic mass is 9.75. The lowest BCUT2D eigenvalue weighted by molar-refractivity contribution is -0.333. The smallest absolute Gasteiger partial charge is 0.314 e. The van der Waals surface area contributed by atoms with Gasteiger partial charge < -0.3 is 75.6 Å². The molecule has 15 atom stereocenters. The molecule has 0 aromatic carbocycles. The highest BCUT2D eigenvalue weighted by atomic mass is 16.7. The molecule has 1 unspecified atom stereocenters. The van der Waals surface area contributed by atoms with E-state index in [-0.39, 0.29) is 56.3 Å². The van der Waals surface area contributed by atoms with E-state index in [1.165, 1.54) is 6.92 Å². The molecule has 5 aliphatic rings. The molecular weight excluding hydrogens is 812 g/mol. The average Bonchev–Trinajstić information content (AvgIpc) is 3.23. The zero-order chi connectivity index (χ0) is 44.9. The number of aliphatic hydroxyl groups is 4. The Hall–Kier alpha value is -3.21. The molecule has 3 heterocycles. The van der Waals surface area contributed by atoms with E-state index in [2.05, 4.69) is 26.6 Å². The van der Waals surface area contributed by atoms with Crippen molar-refractivity contribution in [1.82, 2.24) is 31.5 Å². The number of urea groups is 1. The van der Waals surface area contributed by atoms with Crippen molar-refractivity contribution in [2.24, 2.45) is 23.7 Å². The summed E-state index contributed by atoms with van der Waals surface area (Å²) in [5.41, 5.74) is 0. The van der Waals surface area contributed by atoms with Crippen molar-refractivity contribution in [2.45, 2.75) is 165 Å². The van der Waals surface area contributed by atoms with Crippen molar-refractivity contribution >= 4 is 30.2 Å². The molecule has 354 valence electrons. The van der Waals surface area contributed by atoms with Crippen LogP contribution in [0, 0.1) is 23.7 Å². The zero-order valence-electron chi connectivity index (χ0n) is 36.7. The van der Waals surface area contributed by atoms with E-state index in [0.717, 1.165) is 38.5 Å². The van der Waals surface area contributed by atoms with Crippen molar-refractivity contribution in [3.05, 3.63) is 0 Å². The molecule has 0 aromatic rings. The fraction of sp³-hybridized carbons (Fsp3) is 0.881. The van der Waals surface area contributed by atoms with E-state index in [0.29, 0.717) is 38.8 Å².